The van der Waals surface area contributed by atoms with Gasteiger partial charge in [-0.05, 0) is 18.9 Å². The molecule has 1 aromatic carbocycles. The highest BCUT2D eigenvalue weighted by Gasteiger charge is 2.30. The molecule has 0 radical (unpaired) electrons. The molecule has 5 nitrogen and oxygen atoms in total. The lowest BCUT2D eigenvalue weighted by Gasteiger charge is -2.28. The van der Waals surface area contributed by atoms with Gasteiger partial charge in [0.05, 0.1) is 12.1 Å². The number of hydrogen-bond donors (Lipinski definition) is 2. The van der Waals surface area contributed by atoms with Crippen LogP contribution in [0, 0.1) is 11.6 Å². The molecule has 114 valence electrons. The van der Waals surface area contributed by atoms with Gasteiger partial charge in [0, 0.05) is 17.8 Å². The lowest BCUT2D eigenvalue weighted by molar-refractivity contribution is -0.119. The molecule has 4 N–H and O–H groups in total. The fraction of sp³-hybridized carbons (Fsp3) is 0.429. The molecule has 0 spiro atoms. The Bertz CT molecular complexity index is 572. The van der Waals surface area contributed by atoms with Crippen LogP contribution >= 0.6 is 0 Å². The molecule has 7 heteroatoms. The minimum absolute atomic E-state index is 0.127. The molecule has 21 heavy (non-hydrogen) atoms. The second kappa shape index (κ2) is 6.07. The van der Waals surface area contributed by atoms with Gasteiger partial charge in [-0.25, -0.2) is 8.78 Å². The van der Waals surface area contributed by atoms with E-state index < -0.39 is 23.4 Å². The van der Waals surface area contributed by atoms with Crippen molar-refractivity contribution in [3.05, 3.63) is 29.3 Å². The first-order valence-corrected chi connectivity index (χ1v) is 6.74. The maximum Gasteiger partial charge on any atom is 0.256 e. The molecule has 1 aliphatic carbocycles. The first-order valence-electron chi connectivity index (χ1n) is 6.74. The molecule has 0 bridgehead atoms. The topological polar surface area (TPSA) is 89.4 Å². The van der Waals surface area contributed by atoms with Crippen molar-refractivity contribution in [2.45, 2.75) is 31.7 Å². The summed E-state index contributed by atoms with van der Waals surface area (Å²) in [5, 5.41) is 0. The second-order valence-electron chi connectivity index (χ2n) is 5.19. The summed E-state index contributed by atoms with van der Waals surface area (Å²) in [7, 11) is 0. The van der Waals surface area contributed by atoms with Crippen molar-refractivity contribution in [3.63, 3.8) is 0 Å². The highest BCUT2D eigenvalue weighted by molar-refractivity contribution is 6.00. The highest BCUT2D eigenvalue weighted by atomic mass is 19.2. The SMILES string of the molecule is NC(=O)CN(C(=O)c1cc(F)c(F)cc1N)C1CCCC1. The van der Waals surface area contributed by atoms with E-state index in [9.17, 15) is 18.4 Å². The number of halogens is 2. The molecule has 0 atom stereocenters. The molecule has 0 heterocycles. The highest BCUT2D eigenvalue weighted by Crippen LogP contribution is 2.26. The van der Waals surface area contributed by atoms with Crippen molar-refractivity contribution in [3.8, 4) is 0 Å². The number of primary amides is 1. The maximum absolute atomic E-state index is 13.3. The van der Waals surface area contributed by atoms with Gasteiger partial charge in [0.1, 0.15) is 0 Å². The van der Waals surface area contributed by atoms with E-state index in [1.807, 2.05) is 0 Å². The Kier molecular flexibility index (Phi) is 4.40. The van der Waals surface area contributed by atoms with Crippen LogP contribution in [-0.4, -0.2) is 29.3 Å². The number of nitrogens with two attached hydrogens (primary N) is 2. The minimum Gasteiger partial charge on any atom is -0.398 e. The number of hydrogen-bond acceptors (Lipinski definition) is 3. The molecular weight excluding hydrogens is 280 g/mol. The Balaban J connectivity index is 2.33. The van der Waals surface area contributed by atoms with Gasteiger partial charge >= 0.3 is 0 Å². The van der Waals surface area contributed by atoms with Crippen molar-refractivity contribution in [1.82, 2.24) is 4.90 Å². The molecule has 0 aliphatic heterocycles. The third kappa shape index (κ3) is 3.29. The summed E-state index contributed by atoms with van der Waals surface area (Å²) in [5.74, 6) is -3.53. The molecule has 1 fully saturated rings. The Morgan fingerprint density at radius 2 is 1.76 bits per heavy atom. The molecular formula is C14H17F2N3O2. The number of carbonyl (C=O) groups is 2. The predicted molar refractivity (Wildman–Crippen MR) is 73.3 cm³/mol. The zero-order valence-corrected chi connectivity index (χ0v) is 11.4. The average molecular weight is 297 g/mol. The zero-order valence-electron chi connectivity index (χ0n) is 11.4. The van der Waals surface area contributed by atoms with Gasteiger partial charge in [-0.3, -0.25) is 9.59 Å². The molecule has 1 aromatic rings. The van der Waals surface area contributed by atoms with E-state index in [-0.39, 0.29) is 23.8 Å². The van der Waals surface area contributed by atoms with Gasteiger partial charge in [0.15, 0.2) is 11.6 Å². The zero-order chi connectivity index (χ0) is 15.6. The molecule has 0 unspecified atom stereocenters. The predicted octanol–water partition coefficient (Wildman–Crippen LogP) is 1.42. The summed E-state index contributed by atoms with van der Waals surface area (Å²) in [6.45, 7) is -0.262. The van der Waals surface area contributed by atoms with Crippen molar-refractivity contribution in [2.75, 3.05) is 12.3 Å². The molecule has 1 saturated carbocycles. The first kappa shape index (κ1) is 15.2. The summed E-state index contributed by atoms with van der Waals surface area (Å²) in [4.78, 5) is 25.0. The molecule has 1 aliphatic rings. The van der Waals surface area contributed by atoms with E-state index in [4.69, 9.17) is 11.5 Å². The lowest BCUT2D eigenvalue weighted by Crippen LogP contribution is -2.44. The van der Waals surface area contributed by atoms with Crippen molar-refractivity contribution in [2.24, 2.45) is 5.73 Å². The van der Waals surface area contributed by atoms with Crippen molar-refractivity contribution >= 4 is 17.5 Å². The van der Waals surface area contributed by atoms with Crippen LogP contribution in [0.5, 0.6) is 0 Å². The van der Waals surface area contributed by atoms with Crippen LogP contribution in [0.2, 0.25) is 0 Å². The summed E-state index contributed by atoms with van der Waals surface area (Å²) in [6, 6.07) is 1.40. The van der Waals surface area contributed by atoms with Crippen LogP contribution in [0.25, 0.3) is 0 Å². The number of carbonyl (C=O) groups excluding carboxylic acids is 2. The number of amides is 2. The van der Waals surface area contributed by atoms with Crippen LogP contribution in [0.15, 0.2) is 12.1 Å². The van der Waals surface area contributed by atoms with Crippen LogP contribution in [0.1, 0.15) is 36.0 Å². The van der Waals surface area contributed by atoms with Gasteiger partial charge < -0.3 is 16.4 Å². The van der Waals surface area contributed by atoms with Crippen LogP contribution in [0.4, 0.5) is 14.5 Å². The Morgan fingerprint density at radius 3 is 2.33 bits per heavy atom. The maximum atomic E-state index is 13.3. The molecule has 0 aromatic heterocycles. The van der Waals surface area contributed by atoms with Gasteiger partial charge in [-0.2, -0.15) is 0 Å². The van der Waals surface area contributed by atoms with Gasteiger partial charge in [-0.1, -0.05) is 12.8 Å². The lowest BCUT2D eigenvalue weighted by atomic mass is 10.1. The van der Waals surface area contributed by atoms with E-state index in [0.29, 0.717) is 0 Å². The molecule has 2 amide bonds. The number of nitrogens with zero attached hydrogens (tertiary/aromatic N) is 1. The Labute approximate surface area is 120 Å². The van der Waals surface area contributed by atoms with Crippen LogP contribution in [-0.2, 0) is 4.79 Å². The normalized spacial score (nSPS) is 15.1. The van der Waals surface area contributed by atoms with E-state index in [0.717, 1.165) is 37.8 Å². The molecule has 0 saturated heterocycles. The number of anilines is 1. The van der Waals surface area contributed by atoms with Crippen LogP contribution < -0.4 is 11.5 Å². The number of nitrogen functional groups attached to an aromatic ring is 1. The third-order valence-corrected chi connectivity index (χ3v) is 3.68. The van der Waals surface area contributed by atoms with E-state index >= 15 is 0 Å². The van der Waals surface area contributed by atoms with Gasteiger partial charge in [0.25, 0.3) is 5.91 Å². The third-order valence-electron chi connectivity index (χ3n) is 3.68. The largest absolute Gasteiger partial charge is 0.398 e. The molecule has 2 rings (SSSR count). The fourth-order valence-corrected chi connectivity index (χ4v) is 2.65. The fourth-order valence-electron chi connectivity index (χ4n) is 2.65. The second-order valence-corrected chi connectivity index (χ2v) is 5.19. The van der Waals surface area contributed by atoms with Gasteiger partial charge in [0.2, 0.25) is 5.91 Å². The minimum atomic E-state index is -1.15. The average Bonchev–Trinajstić information content (AvgIpc) is 2.93. The van der Waals surface area contributed by atoms with E-state index in [2.05, 4.69) is 0 Å². The van der Waals surface area contributed by atoms with E-state index in [1.165, 1.54) is 4.90 Å². The van der Waals surface area contributed by atoms with Crippen molar-refractivity contribution < 1.29 is 18.4 Å². The summed E-state index contributed by atoms with van der Waals surface area (Å²) >= 11 is 0. The van der Waals surface area contributed by atoms with Gasteiger partial charge in [-0.15, -0.1) is 0 Å². The standard InChI is InChI=1S/C14H17F2N3O2/c15-10-5-9(12(17)6-11(10)16)14(21)19(7-13(18)20)8-3-1-2-4-8/h5-6,8H,1-4,7,17H2,(H2,18,20). The number of benzene rings is 1. The smallest absolute Gasteiger partial charge is 0.256 e. The Morgan fingerprint density at radius 1 is 1.19 bits per heavy atom. The van der Waals surface area contributed by atoms with Crippen molar-refractivity contribution in [1.29, 1.82) is 0 Å². The summed E-state index contributed by atoms with van der Waals surface area (Å²) in [6.07, 6.45) is 3.39. The Hall–Kier alpha value is -2.18. The summed E-state index contributed by atoms with van der Waals surface area (Å²) in [5.41, 5.74) is 10.4. The monoisotopic (exact) mass is 297 g/mol. The summed E-state index contributed by atoms with van der Waals surface area (Å²) < 4.78 is 26.4. The first-order chi connectivity index (χ1) is 9.90. The van der Waals surface area contributed by atoms with Crippen LogP contribution in [0.3, 0.4) is 0 Å². The van der Waals surface area contributed by atoms with E-state index in [1.54, 1.807) is 0 Å². The quantitative estimate of drug-likeness (QED) is 0.824. The number of rotatable bonds is 4.